The number of aromatic nitrogens is 1. The van der Waals surface area contributed by atoms with Crippen LogP contribution in [0, 0.1) is 0 Å². The lowest BCUT2D eigenvalue weighted by Gasteiger charge is -2.30. The maximum atomic E-state index is 6.36. The Kier molecular flexibility index (Phi) is 4.13. The summed E-state index contributed by atoms with van der Waals surface area (Å²) < 4.78 is 1.70. The highest BCUT2D eigenvalue weighted by Crippen LogP contribution is 2.62. The molecule has 1 aromatic heterocycles. The highest BCUT2D eigenvalue weighted by atomic mass is 14.9. The van der Waals surface area contributed by atoms with Gasteiger partial charge in [-0.1, -0.05) is 84.9 Å². The molecule has 0 amide bonds. The quantitative estimate of drug-likeness (QED) is 0.267. The van der Waals surface area contributed by atoms with Crippen molar-refractivity contribution in [2.75, 3.05) is 0 Å². The molecule has 3 aliphatic rings. The molecule has 1 aliphatic heterocycles. The Morgan fingerprint density at radius 3 is 1.81 bits per heavy atom. The van der Waals surface area contributed by atoms with Gasteiger partial charge in [0.05, 0.1) is 16.7 Å². The minimum atomic E-state index is -0.321. The van der Waals surface area contributed by atoms with E-state index in [1.807, 2.05) is 24.6 Å². The smallest absolute Gasteiger partial charge is 0.361 e. The Hall–Kier alpha value is -4.63. The average molecular weight is 469 g/mol. The fraction of sp³-hybridized carbons (Fsp3) is 0.0294. The van der Waals surface area contributed by atoms with Gasteiger partial charge in [-0.2, -0.15) is 0 Å². The summed E-state index contributed by atoms with van der Waals surface area (Å²) in [5.41, 5.74) is 14.5. The first-order chi connectivity index (χ1) is 18.3. The molecule has 2 nitrogen and oxygen atoms in total. The molecule has 2 heterocycles. The summed E-state index contributed by atoms with van der Waals surface area (Å²) in [6.07, 6.45) is 7.91. The first kappa shape index (κ1) is 20.6. The van der Waals surface area contributed by atoms with Crippen LogP contribution in [0.5, 0.6) is 0 Å². The molecule has 0 saturated heterocycles. The van der Waals surface area contributed by atoms with Gasteiger partial charge in [-0.05, 0) is 68.3 Å². The maximum absolute atomic E-state index is 6.36. The predicted molar refractivity (Wildman–Crippen MR) is 151 cm³/mol. The molecule has 0 unspecified atom stereocenters. The van der Waals surface area contributed by atoms with E-state index in [9.17, 15) is 0 Å². The van der Waals surface area contributed by atoms with E-state index in [2.05, 4.69) is 108 Å². The fourth-order valence-corrected chi connectivity index (χ4v) is 6.79. The first-order valence-corrected chi connectivity index (χ1v) is 12.7. The maximum Gasteiger partial charge on any atom is 0.586 e. The van der Waals surface area contributed by atoms with Crippen molar-refractivity contribution in [2.45, 2.75) is 5.41 Å². The van der Waals surface area contributed by atoms with Crippen LogP contribution in [0.2, 0.25) is 0 Å². The van der Waals surface area contributed by atoms with E-state index in [1.165, 1.54) is 44.5 Å². The second-order valence-electron chi connectivity index (χ2n) is 9.91. The van der Waals surface area contributed by atoms with Gasteiger partial charge in [0.15, 0.2) is 5.70 Å². The molecule has 0 atom stereocenters. The van der Waals surface area contributed by atoms with Crippen LogP contribution in [0.4, 0.5) is 0 Å². The highest BCUT2D eigenvalue weighted by Gasteiger charge is 2.51. The molecule has 3 heteroatoms. The van der Waals surface area contributed by atoms with Crippen molar-refractivity contribution in [3.8, 4) is 22.3 Å². The number of aromatic amines is 1. The van der Waals surface area contributed by atoms with Gasteiger partial charge in [-0.3, -0.25) is 4.49 Å². The van der Waals surface area contributed by atoms with Crippen LogP contribution in [0.15, 0.2) is 127 Å². The summed E-state index contributed by atoms with van der Waals surface area (Å²) in [5, 5.41) is 0. The Balaban J connectivity index is 1.46. The summed E-state index contributed by atoms with van der Waals surface area (Å²) in [4.78, 5) is 3.41. The van der Waals surface area contributed by atoms with Crippen LogP contribution in [0.1, 0.15) is 33.5 Å². The summed E-state index contributed by atoms with van der Waals surface area (Å²) >= 11 is 0. The van der Waals surface area contributed by atoms with Crippen LogP contribution in [0.3, 0.4) is 0 Å². The van der Waals surface area contributed by atoms with Crippen molar-refractivity contribution in [3.05, 3.63) is 161 Å². The molecule has 1 spiro atoms. The fourth-order valence-electron chi connectivity index (χ4n) is 6.79. The van der Waals surface area contributed by atoms with Gasteiger partial charge in [-0.15, -0.1) is 0 Å². The second-order valence-corrected chi connectivity index (χ2v) is 9.91. The van der Waals surface area contributed by atoms with Crippen molar-refractivity contribution in [1.29, 1.82) is 0 Å². The van der Waals surface area contributed by atoms with E-state index in [0.717, 1.165) is 22.5 Å². The Morgan fingerprint density at radius 2 is 1.24 bits per heavy atom. The third kappa shape index (κ3) is 2.58. The molecule has 1 N–H and O–H groups in total. The zero-order valence-electron chi connectivity index (χ0n) is 20.1. The molecular weight excluding hydrogens is 447 g/mol. The standard InChI is InChI=1S/C34H22BN2/c35-37-20-8-16-32(37)33(31-15-7-19-36-31)22-17-18-30-26(21-22)25-11-3-6-14-29(25)34(30)27-12-4-1-9-23(27)24-10-2-5-13-28(24)34/h1-21,36H/q+1. The number of hydrogen-bond acceptors (Lipinski definition) is 0. The van der Waals surface area contributed by atoms with E-state index in [-0.39, 0.29) is 5.41 Å². The molecule has 2 radical (unpaired) electrons. The van der Waals surface area contributed by atoms with Crippen molar-refractivity contribution < 1.29 is 4.49 Å². The third-order valence-corrected chi connectivity index (χ3v) is 8.19. The monoisotopic (exact) mass is 469 g/mol. The van der Waals surface area contributed by atoms with Gasteiger partial charge >= 0.3 is 7.98 Å². The van der Waals surface area contributed by atoms with Crippen LogP contribution in [-0.2, 0) is 5.41 Å². The zero-order chi connectivity index (χ0) is 24.6. The van der Waals surface area contributed by atoms with Crippen molar-refractivity contribution in [3.63, 3.8) is 0 Å². The number of nitrogens with zero attached hydrogens (tertiary/aromatic N) is 1. The van der Waals surface area contributed by atoms with Crippen LogP contribution < -0.4 is 0 Å². The Morgan fingerprint density at radius 1 is 0.649 bits per heavy atom. The lowest BCUT2D eigenvalue weighted by atomic mass is 9.70. The van der Waals surface area contributed by atoms with Crippen LogP contribution in [-0.4, -0.2) is 23.7 Å². The number of fused-ring (bicyclic) bond motifs is 10. The molecule has 0 bridgehead atoms. The van der Waals surface area contributed by atoms with E-state index >= 15 is 0 Å². The molecule has 8 rings (SSSR count). The Bertz CT molecular complexity index is 1790. The van der Waals surface area contributed by atoms with Gasteiger partial charge in [0.1, 0.15) is 6.21 Å². The summed E-state index contributed by atoms with van der Waals surface area (Å²) in [6, 6.07) is 37.8. The number of rotatable bonds is 2. The third-order valence-electron chi connectivity index (χ3n) is 8.19. The number of benzene rings is 4. The average Bonchev–Trinajstić information content (AvgIpc) is 3.73. The molecule has 170 valence electrons. The van der Waals surface area contributed by atoms with Gasteiger partial charge in [0.2, 0.25) is 0 Å². The molecule has 0 fully saturated rings. The highest BCUT2D eigenvalue weighted by molar-refractivity contribution is 6.02. The van der Waals surface area contributed by atoms with Crippen molar-refractivity contribution in [1.82, 2.24) is 4.98 Å². The minimum absolute atomic E-state index is 0.321. The molecule has 4 aromatic carbocycles. The molecule has 0 saturated carbocycles. The minimum Gasteiger partial charge on any atom is -0.361 e. The predicted octanol–water partition coefficient (Wildman–Crippen LogP) is 6.85. The van der Waals surface area contributed by atoms with Crippen LogP contribution in [0.25, 0.3) is 27.8 Å². The number of nitrogens with one attached hydrogen (secondary N) is 1. The van der Waals surface area contributed by atoms with E-state index < -0.39 is 0 Å². The lowest BCUT2D eigenvalue weighted by molar-refractivity contribution is -0.293. The summed E-state index contributed by atoms with van der Waals surface area (Å²) in [7, 11) is 6.36. The molecule has 37 heavy (non-hydrogen) atoms. The lowest BCUT2D eigenvalue weighted by Crippen LogP contribution is -2.25. The van der Waals surface area contributed by atoms with E-state index in [0.29, 0.717) is 0 Å². The normalized spacial score (nSPS) is 16.8. The topological polar surface area (TPSA) is 18.8 Å². The van der Waals surface area contributed by atoms with Gasteiger partial charge in [-0.25, -0.2) is 0 Å². The number of H-pyrrole nitrogens is 1. The van der Waals surface area contributed by atoms with Gasteiger partial charge in [0.25, 0.3) is 0 Å². The van der Waals surface area contributed by atoms with Gasteiger partial charge in [0, 0.05) is 18.3 Å². The number of allylic oxidation sites excluding steroid dienone is 2. The van der Waals surface area contributed by atoms with Gasteiger partial charge < -0.3 is 4.98 Å². The molecule has 2 aliphatic carbocycles. The summed E-state index contributed by atoms with van der Waals surface area (Å²) in [6.45, 7) is 0. The second kappa shape index (κ2) is 7.44. The molecule has 5 aromatic rings. The Labute approximate surface area is 217 Å². The van der Waals surface area contributed by atoms with Crippen molar-refractivity contribution >= 4 is 19.8 Å². The zero-order valence-corrected chi connectivity index (χ0v) is 20.1. The molecular formula is C34H22BN2+. The first-order valence-electron chi connectivity index (χ1n) is 12.7. The van der Waals surface area contributed by atoms with E-state index in [4.69, 9.17) is 7.98 Å². The SMILES string of the molecule is [B][N+]1=CC=C/C1=C(\c1ccc2c(c1)-c1ccccc1C21c2ccccc2-c2ccccc21)c1ccc[nH]1. The van der Waals surface area contributed by atoms with Crippen LogP contribution >= 0.6 is 0 Å². The largest absolute Gasteiger partial charge is 0.586 e. The number of hydrogen-bond donors (Lipinski definition) is 1. The summed E-state index contributed by atoms with van der Waals surface area (Å²) in [5.74, 6) is 0. The van der Waals surface area contributed by atoms with Crippen molar-refractivity contribution in [2.24, 2.45) is 0 Å². The van der Waals surface area contributed by atoms with E-state index in [1.54, 1.807) is 4.49 Å².